The minimum atomic E-state index is -0.282. The van der Waals surface area contributed by atoms with Crippen LogP contribution >= 0.6 is 27.5 Å². The Hall–Kier alpha value is -0.120. The maximum absolute atomic E-state index is 13.9. The summed E-state index contributed by atoms with van der Waals surface area (Å²) in [6.45, 7) is 2.14. The van der Waals surface area contributed by atoms with Crippen LogP contribution in [0.3, 0.4) is 0 Å². The van der Waals surface area contributed by atoms with Gasteiger partial charge in [0, 0.05) is 16.1 Å². The van der Waals surface area contributed by atoms with Crippen LogP contribution in [0.4, 0.5) is 4.39 Å². The second-order valence-corrected chi connectivity index (χ2v) is 6.39. The van der Waals surface area contributed by atoms with E-state index in [0.29, 0.717) is 15.1 Å². The van der Waals surface area contributed by atoms with E-state index in [4.69, 9.17) is 17.3 Å². The average Bonchev–Trinajstić information content (AvgIpc) is 2.71. The van der Waals surface area contributed by atoms with E-state index in [1.165, 1.54) is 18.9 Å². The van der Waals surface area contributed by atoms with Gasteiger partial charge in [-0.1, -0.05) is 31.4 Å². The standard InChI is InChI=1S/C13H16BrClFN/c1-13(4-2-3-5-13)12(17)8-6-10(15)9(14)7-11(8)16/h6-7,12H,2-5,17H2,1H3. The Morgan fingerprint density at radius 2 is 2.00 bits per heavy atom. The molecule has 1 aromatic carbocycles. The Kier molecular flexibility index (Phi) is 3.81. The van der Waals surface area contributed by atoms with Crippen LogP contribution < -0.4 is 5.73 Å². The van der Waals surface area contributed by atoms with Gasteiger partial charge in [-0.25, -0.2) is 4.39 Å². The molecule has 17 heavy (non-hydrogen) atoms. The highest BCUT2D eigenvalue weighted by Crippen LogP contribution is 2.47. The highest BCUT2D eigenvalue weighted by molar-refractivity contribution is 9.10. The molecule has 1 aliphatic carbocycles. The van der Waals surface area contributed by atoms with Gasteiger partial charge in [0.05, 0.1) is 5.02 Å². The summed E-state index contributed by atoms with van der Waals surface area (Å²) in [6.07, 6.45) is 4.47. The fraction of sp³-hybridized carbons (Fsp3) is 0.538. The first kappa shape index (κ1) is 13.3. The second kappa shape index (κ2) is 4.87. The predicted molar refractivity (Wildman–Crippen MR) is 72.6 cm³/mol. The van der Waals surface area contributed by atoms with Crippen LogP contribution in [-0.2, 0) is 0 Å². The second-order valence-electron chi connectivity index (χ2n) is 5.13. The molecule has 2 rings (SSSR count). The SMILES string of the molecule is CC1(C(N)c2cc(Cl)c(Br)cc2F)CCCC1. The molecular formula is C13H16BrClFN. The van der Waals surface area contributed by atoms with Crippen molar-refractivity contribution in [2.24, 2.45) is 11.1 Å². The van der Waals surface area contributed by atoms with Gasteiger partial charge in [-0.2, -0.15) is 0 Å². The van der Waals surface area contributed by atoms with Gasteiger partial charge in [-0.05, 0) is 46.3 Å². The molecule has 1 unspecified atom stereocenters. The van der Waals surface area contributed by atoms with E-state index < -0.39 is 0 Å². The molecule has 1 aliphatic rings. The Morgan fingerprint density at radius 3 is 2.59 bits per heavy atom. The molecule has 0 radical (unpaired) electrons. The van der Waals surface area contributed by atoms with E-state index in [2.05, 4.69) is 22.9 Å². The van der Waals surface area contributed by atoms with Gasteiger partial charge in [0.25, 0.3) is 0 Å². The fourth-order valence-corrected chi connectivity index (χ4v) is 3.13. The van der Waals surface area contributed by atoms with Crippen LogP contribution in [0, 0.1) is 11.2 Å². The molecular weight excluding hydrogens is 305 g/mol. The van der Waals surface area contributed by atoms with Gasteiger partial charge in [0.15, 0.2) is 0 Å². The van der Waals surface area contributed by atoms with Crippen molar-refractivity contribution in [3.8, 4) is 0 Å². The van der Waals surface area contributed by atoms with E-state index in [1.807, 2.05) is 0 Å². The molecule has 1 fully saturated rings. The van der Waals surface area contributed by atoms with Gasteiger partial charge in [0.1, 0.15) is 5.82 Å². The lowest BCUT2D eigenvalue weighted by Gasteiger charge is -2.31. The Labute approximate surface area is 115 Å². The molecule has 0 aromatic heterocycles. The topological polar surface area (TPSA) is 26.0 Å². The van der Waals surface area contributed by atoms with E-state index in [9.17, 15) is 4.39 Å². The van der Waals surface area contributed by atoms with Crippen LogP contribution in [0.5, 0.6) is 0 Å². The Bertz CT molecular complexity index is 430. The summed E-state index contributed by atoms with van der Waals surface area (Å²) < 4.78 is 14.5. The maximum atomic E-state index is 13.9. The summed E-state index contributed by atoms with van der Waals surface area (Å²) in [7, 11) is 0. The van der Waals surface area contributed by atoms with Crippen molar-refractivity contribution in [2.75, 3.05) is 0 Å². The van der Waals surface area contributed by atoms with Gasteiger partial charge in [0.2, 0.25) is 0 Å². The molecule has 1 atom stereocenters. The summed E-state index contributed by atoms with van der Waals surface area (Å²) in [5, 5.41) is 0.512. The molecule has 1 aromatic rings. The van der Waals surface area contributed by atoms with E-state index >= 15 is 0 Å². The molecule has 0 spiro atoms. The van der Waals surface area contributed by atoms with Crippen molar-refractivity contribution in [3.05, 3.63) is 33.0 Å². The van der Waals surface area contributed by atoms with Gasteiger partial charge in [-0.15, -0.1) is 0 Å². The zero-order chi connectivity index (χ0) is 12.6. The van der Waals surface area contributed by atoms with E-state index in [1.54, 1.807) is 6.07 Å². The minimum absolute atomic E-state index is 0.00199. The molecule has 0 heterocycles. The van der Waals surface area contributed by atoms with Gasteiger partial charge in [-0.3, -0.25) is 0 Å². The molecule has 1 nitrogen and oxygen atoms in total. The number of rotatable bonds is 2. The molecule has 4 heteroatoms. The summed E-state index contributed by atoms with van der Waals surface area (Å²) in [4.78, 5) is 0. The lowest BCUT2D eigenvalue weighted by atomic mass is 9.78. The molecule has 94 valence electrons. The monoisotopic (exact) mass is 319 g/mol. The first-order valence-electron chi connectivity index (χ1n) is 5.84. The number of halogens is 3. The predicted octanol–water partition coefficient (Wildman–Crippen LogP) is 4.82. The van der Waals surface area contributed by atoms with Crippen molar-refractivity contribution >= 4 is 27.5 Å². The molecule has 0 bridgehead atoms. The minimum Gasteiger partial charge on any atom is -0.323 e. The Morgan fingerprint density at radius 1 is 1.41 bits per heavy atom. The number of hydrogen-bond acceptors (Lipinski definition) is 1. The van der Waals surface area contributed by atoms with Crippen molar-refractivity contribution < 1.29 is 4.39 Å². The van der Waals surface area contributed by atoms with Crippen LogP contribution in [0.1, 0.15) is 44.2 Å². The highest BCUT2D eigenvalue weighted by atomic mass is 79.9. The third-order valence-corrected chi connectivity index (χ3v) is 5.07. The zero-order valence-electron chi connectivity index (χ0n) is 9.77. The van der Waals surface area contributed by atoms with E-state index in [0.717, 1.165) is 12.8 Å². The Balaban J connectivity index is 2.36. The molecule has 2 N–H and O–H groups in total. The number of benzene rings is 1. The van der Waals surface area contributed by atoms with Crippen LogP contribution in [0.2, 0.25) is 5.02 Å². The highest BCUT2D eigenvalue weighted by Gasteiger charge is 2.37. The first-order chi connectivity index (χ1) is 7.94. The van der Waals surface area contributed by atoms with E-state index in [-0.39, 0.29) is 17.3 Å². The third-order valence-electron chi connectivity index (χ3n) is 3.87. The first-order valence-corrected chi connectivity index (χ1v) is 7.01. The van der Waals surface area contributed by atoms with Crippen LogP contribution in [0.15, 0.2) is 16.6 Å². The number of hydrogen-bond donors (Lipinski definition) is 1. The molecule has 0 aliphatic heterocycles. The van der Waals surface area contributed by atoms with Crippen molar-refractivity contribution in [2.45, 2.75) is 38.6 Å². The van der Waals surface area contributed by atoms with Crippen molar-refractivity contribution in [1.82, 2.24) is 0 Å². The van der Waals surface area contributed by atoms with Crippen molar-refractivity contribution in [3.63, 3.8) is 0 Å². The number of nitrogens with two attached hydrogens (primary N) is 1. The molecule has 0 amide bonds. The summed E-state index contributed by atoms with van der Waals surface area (Å²) in [6, 6.07) is 2.76. The third kappa shape index (κ3) is 2.51. The quantitative estimate of drug-likeness (QED) is 0.777. The zero-order valence-corrected chi connectivity index (χ0v) is 12.1. The fourth-order valence-electron chi connectivity index (χ4n) is 2.65. The normalized spacial score (nSPS) is 20.5. The summed E-state index contributed by atoms with van der Waals surface area (Å²) >= 11 is 9.23. The smallest absolute Gasteiger partial charge is 0.129 e. The maximum Gasteiger partial charge on any atom is 0.129 e. The average molecular weight is 321 g/mol. The lowest BCUT2D eigenvalue weighted by molar-refractivity contribution is 0.260. The largest absolute Gasteiger partial charge is 0.323 e. The van der Waals surface area contributed by atoms with Gasteiger partial charge >= 0.3 is 0 Å². The summed E-state index contributed by atoms with van der Waals surface area (Å²) in [5.41, 5.74) is 6.77. The summed E-state index contributed by atoms with van der Waals surface area (Å²) in [5.74, 6) is -0.276. The van der Waals surface area contributed by atoms with Crippen LogP contribution in [0.25, 0.3) is 0 Å². The molecule has 0 saturated heterocycles. The molecule has 1 saturated carbocycles. The van der Waals surface area contributed by atoms with Crippen LogP contribution in [-0.4, -0.2) is 0 Å². The van der Waals surface area contributed by atoms with Crippen molar-refractivity contribution in [1.29, 1.82) is 0 Å². The van der Waals surface area contributed by atoms with Gasteiger partial charge < -0.3 is 5.73 Å². The lowest BCUT2D eigenvalue weighted by Crippen LogP contribution is -2.30.